The topological polar surface area (TPSA) is 46.2 Å². The van der Waals surface area contributed by atoms with Crippen molar-refractivity contribution in [2.24, 2.45) is 0 Å². The summed E-state index contributed by atoms with van der Waals surface area (Å²) in [5, 5.41) is 0.563. The van der Waals surface area contributed by atoms with E-state index >= 15 is 0 Å². The van der Waals surface area contributed by atoms with Crippen LogP contribution in [0.1, 0.15) is 22.7 Å². The van der Waals surface area contributed by atoms with Crippen molar-refractivity contribution in [3.63, 3.8) is 0 Å². The first-order valence-corrected chi connectivity index (χ1v) is 9.71. The van der Waals surface area contributed by atoms with Gasteiger partial charge in [0.15, 0.2) is 0 Å². The Morgan fingerprint density at radius 2 is 1.48 bits per heavy atom. The van der Waals surface area contributed by atoms with Crippen LogP contribution in [0.3, 0.4) is 0 Å². The van der Waals surface area contributed by atoms with Crippen molar-refractivity contribution >= 4 is 21.6 Å². The molecule has 0 saturated heterocycles. The summed E-state index contributed by atoms with van der Waals surface area (Å²) in [6, 6.07) is 22.9. The molecule has 0 spiro atoms. The Morgan fingerprint density at radius 1 is 0.840 bits per heavy atom. The number of rotatable bonds is 5. The van der Waals surface area contributed by atoms with Crippen molar-refractivity contribution in [3.8, 4) is 0 Å². The lowest BCUT2D eigenvalue weighted by molar-refractivity contribution is 0.572. The molecule has 3 aromatic rings. The summed E-state index contributed by atoms with van der Waals surface area (Å²) in [5.74, 6) is 0. The number of halogens is 1. The zero-order valence-electron chi connectivity index (χ0n) is 13.7. The summed E-state index contributed by atoms with van der Waals surface area (Å²) in [6.07, 6.45) is 0. The molecule has 3 rings (SSSR count). The number of benzene rings is 3. The Balaban J connectivity index is 2.02. The second-order valence-corrected chi connectivity index (χ2v) is 7.98. The fourth-order valence-corrected chi connectivity index (χ4v) is 4.01. The van der Waals surface area contributed by atoms with E-state index in [2.05, 4.69) is 4.72 Å². The Morgan fingerprint density at radius 3 is 2.12 bits per heavy atom. The summed E-state index contributed by atoms with van der Waals surface area (Å²) in [7, 11) is -3.68. The minimum absolute atomic E-state index is 0.237. The van der Waals surface area contributed by atoms with Gasteiger partial charge in [-0.1, -0.05) is 71.8 Å². The minimum Gasteiger partial charge on any atom is -0.207 e. The highest BCUT2D eigenvalue weighted by molar-refractivity contribution is 7.89. The van der Waals surface area contributed by atoms with E-state index in [4.69, 9.17) is 11.6 Å². The van der Waals surface area contributed by atoms with Gasteiger partial charge >= 0.3 is 0 Å². The van der Waals surface area contributed by atoms with Gasteiger partial charge in [-0.05, 0) is 42.3 Å². The first-order valence-electron chi connectivity index (χ1n) is 7.85. The molecule has 0 saturated carbocycles. The average molecular weight is 372 g/mol. The van der Waals surface area contributed by atoms with Gasteiger partial charge in [-0.2, -0.15) is 4.72 Å². The van der Waals surface area contributed by atoms with Crippen molar-refractivity contribution in [2.45, 2.75) is 17.9 Å². The third kappa shape index (κ3) is 4.28. The third-order valence-corrected chi connectivity index (χ3v) is 5.59. The molecular weight excluding hydrogens is 354 g/mol. The molecule has 0 aliphatic rings. The number of hydrogen-bond acceptors (Lipinski definition) is 2. The molecule has 0 bridgehead atoms. The van der Waals surface area contributed by atoms with Gasteiger partial charge in [0.25, 0.3) is 0 Å². The predicted molar refractivity (Wildman–Crippen MR) is 101 cm³/mol. The number of aryl methyl sites for hydroxylation is 1. The van der Waals surface area contributed by atoms with Crippen molar-refractivity contribution in [1.29, 1.82) is 0 Å². The van der Waals surface area contributed by atoms with Crippen LogP contribution in [0, 0.1) is 6.92 Å². The second-order valence-electron chi connectivity index (χ2n) is 5.83. The highest BCUT2D eigenvalue weighted by Gasteiger charge is 2.23. The normalized spacial score (nSPS) is 12.7. The van der Waals surface area contributed by atoms with Gasteiger partial charge in [0.1, 0.15) is 0 Å². The molecule has 0 aromatic heterocycles. The van der Waals surface area contributed by atoms with Gasteiger partial charge in [-0.15, -0.1) is 0 Å². The molecule has 5 heteroatoms. The Bertz CT molecular complexity index is 955. The Hall–Kier alpha value is -2.14. The van der Waals surface area contributed by atoms with E-state index in [1.165, 1.54) is 0 Å². The maximum Gasteiger partial charge on any atom is 0.241 e. The van der Waals surface area contributed by atoms with Crippen LogP contribution in [0.2, 0.25) is 5.02 Å². The predicted octanol–water partition coefficient (Wildman–Crippen LogP) is 4.72. The van der Waals surface area contributed by atoms with Crippen molar-refractivity contribution in [2.75, 3.05) is 0 Å². The fourth-order valence-electron chi connectivity index (χ4n) is 2.60. The summed E-state index contributed by atoms with van der Waals surface area (Å²) in [4.78, 5) is 0.237. The molecule has 25 heavy (non-hydrogen) atoms. The van der Waals surface area contributed by atoms with E-state index in [0.29, 0.717) is 5.02 Å². The van der Waals surface area contributed by atoms with Crippen LogP contribution in [0.25, 0.3) is 0 Å². The number of hydrogen-bond donors (Lipinski definition) is 1. The lowest BCUT2D eigenvalue weighted by atomic mass is 10.00. The van der Waals surface area contributed by atoms with Crippen LogP contribution in [0.4, 0.5) is 0 Å². The van der Waals surface area contributed by atoms with Gasteiger partial charge in [0.2, 0.25) is 10.0 Å². The van der Waals surface area contributed by atoms with Crippen LogP contribution in [-0.4, -0.2) is 8.42 Å². The Kier molecular flexibility index (Phi) is 5.23. The minimum atomic E-state index is -3.68. The lowest BCUT2D eigenvalue weighted by Gasteiger charge is -2.20. The molecule has 1 atom stereocenters. The van der Waals surface area contributed by atoms with Gasteiger partial charge in [0.05, 0.1) is 10.9 Å². The molecule has 0 aliphatic carbocycles. The van der Waals surface area contributed by atoms with Crippen molar-refractivity contribution < 1.29 is 8.42 Å². The molecule has 0 heterocycles. The van der Waals surface area contributed by atoms with Gasteiger partial charge < -0.3 is 0 Å². The first-order chi connectivity index (χ1) is 12.0. The smallest absolute Gasteiger partial charge is 0.207 e. The van der Waals surface area contributed by atoms with Crippen molar-refractivity contribution in [1.82, 2.24) is 4.72 Å². The Labute approximate surface area is 153 Å². The van der Waals surface area contributed by atoms with Gasteiger partial charge in [-0.25, -0.2) is 8.42 Å². The van der Waals surface area contributed by atoms with E-state index in [0.717, 1.165) is 16.7 Å². The maximum absolute atomic E-state index is 12.8. The van der Waals surface area contributed by atoms with E-state index in [1.807, 2.05) is 49.4 Å². The monoisotopic (exact) mass is 371 g/mol. The second kappa shape index (κ2) is 7.40. The molecule has 3 nitrogen and oxygen atoms in total. The average Bonchev–Trinajstić information content (AvgIpc) is 2.61. The number of sulfonamides is 1. The molecule has 3 aromatic carbocycles. The van der Waals surface area contributed by atoms with E-state index in [1.54, 1.807) is 36.4 Å². The molecule has 128 valence electrons. The maximum atomic E-state index is 12.8. The van der Waals surface area contributed by atoms with Crippen LogP contribution in [0.15, 0.2) is 83.8 Å². The quantitative estimate of drug-likeness (QED) is 0.705. The van der Waals surface area contributed by atoms with Crippen molar-refractivity contribution in [3.05, 3.63) is 101 Å². The van der Waals surface area contributed by atoms with E-state index in [-0.39, 0.29) is 4.90 Å². The van der Waals surface area contributed by atoms with Gasteiger partial charge in [-0.3, -0.25) is 0 Å². The van der Waals surface area contributed by atoms with E-state index in [9.17, 15) is 8.42 Å². The van der Waals surface area contributed by atoms with Crippen LogP contribution < -0.4 is 4.72 Å². The first kappa shape index (κ1) is 17.7. The van der Waals surface area contributed by atoms with E-state index < -0.39 is 16.1 Å². The summed E-state index contributed by atoms with van der Waals surface area (Å²) < 4.78 is 28.5. The largest absolute Gasteiger partial charge is 0.241 e. The molecule has 0 radical (unpaired) electrons. The molecule has 1 N–H and O–H groups in total. The fraction of sp³-hybridized carbons (Fsp3) is 0.100. The summed E-state index contributed by atoms with van der Waals surface area (Å²) >= 11 is 6.10. The highest BCUT2D eigenvalue weighted by Crippen LogP contribution is 2.26. The SMILES string of the molecule is Cc1ccc(S(=O)(=O)N[C@H](c2ccccc2)c2cccc(Cl)c2)cc1. The summed E-state index contributed by atoms with van der Waals surface area (Å²) in [6.45, 7) is 1.92. The lowest BCUT2D eigenvalue weighted by Crippen LogP contribution is -2.29. The molecular formula is C20H18ClNO2S. The van der Waals surface area contributed by atoms with Crippen LogP contribution in [0.5, 0.6) is 0 Å². The van der Waals surface area contributed by atoms with Crippen LogP contribution >= 0.6 is 11.6 Å². The third-order valence-electron chi connectivity index (χ3n) is 3.92. The molecule has 0 amide bonds. The highest BCUT2D eigenvalue weighted by atomic mass is 35.5. The zero-order valence-corrected chi connectivity index (χ0v) is 15.3. The van der Waals surface area contributed by atoms with Gasteiger partial charge in [0, 0.05) is 5.02 Å². The summed E-state index contributed by atoms with van der Waals surface area (Å²) in [5.41, 5.74) is 2.64. The zero-order chi connectivity index (χ0) is 17.9. The number of nitrogens with one attached hydrogen (secondary N) is 1. The molecule has 0 unspecified atom stereocenters. The standard InChI is InChI=1S/C20H18ClNO2S/c1-15-10-12-19(13-11-15)25(23,24)22-20(16-6-3-2-4-7-16)17-8-5-9-18(21)14-17/h2-14,20,22H,1H3/t20-/m1/s1. The molecule has 0 fully saturated rings. The van der Waals surface area contributed by atoms with Crippen LogP contribution in [-0.2, 0) is 10.0 Å². The molecule has 0 aliphatic heterocycles.